The van der Waals surface area contributed by atoms with Crippen molar-refractivity contribution in [2.45, 2.75) is 25.9 Å². The van der Waals surface area contributed by atoms with Gasteiger partial charge in [0.25, 0.3) is 0 Å². The van der Waals surface area contributed by atoms with Gasteiger partial charge in [-0.05, 0) is 31.5 Å². The van der Waals surface area contributed by atoms with Crippen LogP contribution in [0.2, 0.25) is 0 Å². The summed E-state index contributed by atoms with van der Waals surface area (Å²) in [4.78, 5) is 11.7. The first-order chi connectivity index (χ1) is 10.0. The SMILES string of the molecule is CCOC(=O)c1cnn(C(c2cccc(Br)c2)C(C)N)c1. The highest BCUT2D eigenvalue weighted by molar-refractivity contribution is 9.10. The van der Waals surface area contributed by atoms with Gasteiger partial charge >= 0.3 is 5.97 Å². The van der Waals surface area contributed by atoms with Crippen LogP contribution < -0.4 is 5.73 Å². The Morgan fingerprint density at radius 1 is 1.52 bits per heavy atom. The summed E-state index contributed by atoms with van der Waals surface area (Å²) in [6, 6.07) is 7.59. The summed E-state index contributed by atoms with van der Waals surface area (Å²) in [6.45, 7) is 4.03. The molecule has 1 heterocycles. The van der Waals surface area contributed by atoms with E-state index in [1.807, 2.05) is 31.2 Å². The molecule has 0 spiro atoms. The monoisotopic (exact) mass is 351 g/mol. The fourth-order valence-corrected chi connectivity index (χ4v) is 2.61. The molecule has 0 aliphatic rings. The number of rotatable bonds is 5. The van der Waals surface area contributed by atoms with E-state index in [0.717, 1.165) is 10.0 Å². The highest BCUT2D eigenvalue weighted by atomic mass is 79.9. The average molecular weight is 352 g/mol. The van der Waals surface area contributed by atoms with Crippen molar-refractivity contribution in [3.05, 3.63) is 52.3 Å². The van der Waals surface area contributed by atoms with E-state index in [4.69, 9.17) is 10.5 Å². The van der Waals surface area contributed by atoms with Crippen LogP contribution in [0.4, 0.5) is 0 Å². The second-order valence-electron chi connectivity index (χ2n) is 4.79. The first-order valence-corrected chi connectivity index (χ1v) is 7.54. The number of nitrogens with zero attached hydrogens (tertiary/aromatic N) is 2. The predicted molar refractivity (Wildman–Crippen MR) is 84.1 cm³/mol. The normalized spacial score (nSPS) is 13.7. The molecule has 21 heavy (non-hydrogen) atoms. The summed E-state index contributed by atoms with van der Waals surface area (Å²) >= 11 is 3.46. The Bertz CT molecular complexity index is 625. The van der Waals surface area contributed by atoms with E-state index in [2.05, 4.69) is 21.0 Å². The molecule has 2 unspecified atom stereocenters. The Morgan fingerprint density at radius 3 is 2.90 bits per heavy atom. The lowest BCUT2D eigenvalue weighted by Crippen LogP contribution is -2.30. The lowest BCUT2D eigenvalue weighted by atomic mass is 10.0. The Kier molecular flexibility index (Phi) is 5.14. The van der Waals surface area contributed by atoms with Crippen LogP contribution in [0.25, 0.3) is 0 Å². The van der Waals surface area contributed by atoms with E-state index in [1.165, 1.54) is 6.20 Å². The van der Waals surface area contributed by atoms with Crippen molar-refractivity contribution in [2.75, 3.05) is 6.61 Å². The molecule has 0 amide bonds. The number of aromatic nitrogens is 2. The molecule has 5 nitrogen and oxygen atoms in total. The third-order valence-corrected chi connectivity index (χ3v) is 3.58. The quantitative estimate of drug-likeness (QED) is 0.840. The van der Waals surface area contributed by atoms with Crippen molar-refractivity contribution < 1.29 is 9.53 Å². The molecule has 1 aromatic heterocycles. The van der Waals surface area contributed by atoms with Gasteiger partial charge in [0.1, 0.15) is 0 Å². The molecule has 112 valence electrons. The molecule has 1 aromatic carbocycles. The maximum Gasteiger partial charge on any atom is 0.341 e. The van der Waals surface area contributed by atoms with Crippen molar-refractivity contribution in [1.29, 1.82) is 0 Å². The molecule has 0 bridgehead atoms. The zero-order valence-electron chi connectivity index (χ0n) is 12.0. The van der Waals surface area contributed by atoms with Crippen LogP contribution in [0.3, 0.4) is 0 Å². The fraction of sp³-hybridized carbons (Fsp3) is 0.333. The summed E-state index contributed by atoms with van der Waals surface area (Å²) in [5.41, 5.74) is 7.56. The van der Waals surface area contributed by atoms with Gasteiger partial charge in [-0.15, -0.1) is 0 Å². The third kappa shape index (κ3) is 3.71. The van der Waals surface area contributed by atoms with Crippen LogP contribution in [0, 0.1) is 0 Å². The van der Waals surface area contributed by atoms with Crippen molar-refractivity contribution in [2.24, 2.45) is 5.73 Å². The minimum atomic E-state index is -0.374. The molecule has 0 saturated carbocycles. The van der Waals surface area contributed by atoms with Gasteiger partial charge in [-0.2, -0.15) is 5.10 Å². The van der Waals surface area contributed by atoms with Gasteiger partial charge in [0.2, 0.25) is 0 Å². The van der Waals surface area contributed by atoms with Gasteiger partial charge in [0, 0.05) is 16.7 Å². The number of hydrogen-bond donors (Lipinski definition) is 1. The molecule has 2 aromatic rings. The number of carbonyl (C=O) groups excluding carboxylic acids is 1. The molecular weight excluding hydrogens is 334 g/mol. The van der Waals surface area contributed by atoms with E-state index in [9.17, 15) is 4.79 Å². The van der Waals surface area contributed by atoms with Crippen LogP contribution in [0.1, 0.15) is 35.8 Å². The number of halogens is 1. The number of benzene rings is 1. The second-order valence-corrected chi connectivity index (χ2v) is 5.70. The van der Waals surface area contributed by atoms with Crippen molar-refractivity contribution in [1.82, 2.24) is 9.78 Å². The second kappa shape index (κ2) is 6.87. The first-order valence-electron chi connectivity index (χ1n) is 6.75. The number of hydrogen-bond acceptors (Lipinski definition) is 4. The lowest BCUT2D eigenvalue weighted by Gasteiger charge is -2.22. The molecule has 2 N–H and O–H groups in total. The van der Waals surface area contributed by atoms with Crippen LogP contribution in [-0.4, -0.2) is 28.4 Å². The standard InChI is InChI=1S/C15H18BrN3O2/c1-3-21-15(20)12-8-18-19(9-12)14(10(2)17)11-5-4-6-13(16)7-11/h4-10,14H,3,17H2,1-2H3. The van der Waals surface area contributed by atoms with Gasteiger partial charge in [0.15, 0.2) is 0 Å². The third-order valence-electron chi connectivity index (χ3n) is 3.09. The van der Waals surface area contributed by atoms with E-state index in [-0.39, 0.29) is 18.1 Å². The van der Waals surface area contributed by atoms with Crippen molar-refractivity contribution in [3.8, 4) is 0 Å². The first kappa shape index (κ1) is 15.7. The molecule has 0 fully saturated rings. The molecule has 2 rings (SSSR count). The molecule has 0 radical (unpaired) electrons. The van der Waals surface area contributed by atoms with Gasteiger partial charge in [-0.25, -0.2) is 4.79 Å². The smallest absolute Gasteiger partial charge is 0.341 e. The summed E-state index contributed by atoms with van der Waals surface area (Å²) in [7, 11) is 0. The molecule has 0 aliphatic carbocycles. The van der Waals surface area contributed by atoms with Gasteiger partial charge in [-0.3, -0.25) is 4.68 Å². The largest absolute Gasteiger partial charge is 0.462 e. The Labute approximate surface area is 132 Å². The van der Waals surface area contributed by atoms with Crippen LogP contribution in [0.15, 0.2) is 41.1 Å². The number of carbonyl (C=O) groups is 1. The van der Waals surface area contributed by atoms with Crippen LogP contribution in [0.5, 0.6) is 0 Å². The molecule has 0 saturated heterocycles. The Hall–Kier alpha value is -1.66. The molecule has 6 heteroatoms. The zero-order chi connectivity index (χ0) is 15.4. The van der Waals surface area contributed by atoms with Crippen molar-refractivity contribution >= 4 is 21.9 Å². The highest BCUT2D eigenvalue weighted by Gasteiger charge is 2.21. The summed E-state index contributed by atoms with van der Waals surface area (Å²) < 4.78 is 7.66. The molecule has 0 aliphatic heterocycles. The molecular formula is C15H18BrN3O2. The Morgan fingerprint density at radius 2 is 2.29 bits per heavy atom. The van der Waals surface area contributed by atoms with Gasteiger partial charge in [0.05, 0.1) is 24.4 Å². The lowest BCUT2D eigenvalue weighted by molar-refractivity contribution is 0.0526. The summed E-state index contributed by atoms with van der Waals surface area (Å²) in [5, 5.41) is 4.27. The fourth-order valence-electron chi connectivity index (χ4n) is 2.20. The minimum absolute atomic E-state index is 0.148. The zero-order valence-corrected chi connectivity index (χ0v) is 13.6. The predicted octanol–water partition coefficient (Wildman–Crippen LogP) is 2.76. The van der Waals surface area contributed by atoms with E-state index < -0.39 is 0 Å². The average Bonchev–Trinajstić information content (AvgIpc) is 2.88. The summed E-state index contributed by atoms with van der Waals surface area (Å²) in [6.07, 6.45) is 3.18. The van der Waals surface area contributed by atoms with Gasteiger partial charge in [-0.1, -0.05) is 28.1 Å². The van der Waals surface area contributed by atoms with Crippen LogP contribution in [-0.2, 0) is 4.74 Å². The van der Waals surface area contributed by atoms with E-state index in [1.54, 1.807) is 17.8 Å². The van der Waals surface area contributed by atoms with Crippen molar-refractivity contribution in [3.63, 3.8) is 0 Å². The maximum absolute atomic E-state index is 11.7. The van der Waals surface area contributed by atoms with E-state index in [0.29, 0.717) is 12.2 Å². The van der Waals surface area contributed by atoms with E-state index >= 15 is 0 Å². The molecule has 2 atom stereocenters. The van der Waals surface area contributed by atoms with Crippen LogP contribution >= 0.6 is 15.9 Å². The number of nitrogens with two attached hydrogens (primary N) is 1. The highest BCUT2D eigenvalue weighted by Crippen LogP contribution is 2.24. The summed E-state index contributed by atoms with van der Waals surface area (Å²) in [5.74, 6) is -0.374. The maximum atomic E-state index is 11.7. The minimum Gasteiger partial charge on any atom is -0.462 e. The van der Waals surface area contributed by atoms with Gasteiger partial charge < -0.3 is 10.5 Å². The topological polar surface area (TPSA) is 70.1 Å². The number of esters is 1. The number of ether oxygens (including phenoxy) is 1. The Balaban J connectivity index is 2.33.